The van der Waals surface area contributed by atoms with Crippen LogP contribution in [0.1, 0.15) is 35.3 Å². The summed E-state index contributed by atoms with van der Waals surface area (Å²) in [5.74, 6) is -0.375. The quantitative estimate of drug-likeness (QED) is 0.552. The lowest BCUT2D eigenvalue weighted by molar-refractivity contribution is -0.122. The Kier molecular flexibility index (Phi) is 7.33. The number of benzene rings is 2. The smallest absolute Gasteiger partial charge is 0.335 e. The van der Waals surface area contributed by atoms with Gasteiger partial charge in [0.05, 0.1) is 14.9 Å². The number of carbonyl (C=O) groups excluding carboxylic acids is 1. The monoisotopic (exact) mass is 488 g/mol. The van der Waals surface area contributed by atoms with E-state index in [2.05, 4.69) is 20.9 Å². The zero-order valence-corrected chi connectivity index (χ0v) is 19.0. The van der Waals surface area contributed by atoms with E-state index >= 15 is 0 Å². The van der Waals surface area contributed by atoms with Gasteiger partial charge in [0, 0.05) is 13.1 Å². The summed E-state index contributed by atoms with van der Waals surface area (Å²) in [7, 11) is 0. The maximum absolute atomic E-state index is 12.6. The molecule has 1 fully saturated rings. The van der Waals surface area contributed by atoms with Gasteiger partial charge in [0.2, 0.25) is 0 Å². The molecule has 0 aromatic heterocycles. The summed E-state index contributed by atoms with van der Waals surface area (Å²) >= 11 is 4.90. The molecule has 0 atom stereocenters. The van der Waals surface area contributed by atoms with Crippen molar-refractivity contribution >= 4 is 50.8 Å². The molecule has 2 aromatic rings. The third-order valence-electron chi connectivity index (χ3n) is 4.32. The maximum Gasteiger partial charge on any atom is 0.335 e. The predicted molar refractivity (Wildman–Crippen MR) is 123 cm³/mol. The lowest BCUT2D eigenvalue weighted by Gasteiger charge is -2.11. The highest BCUT2D eigenvalue weighted by atomic mass is 79.9. The SMILES string of the molecule is CCN=C1S/C(=C/c2ccc(OCc3cccc(C(=O)O)c3)c(Br)c2)C(=O)N1CC. The molecule has 0 bridgehead atoms. The second-order valence-electron chi connectivity index (χ2n) is 6.40. The number of hydrogen-bond acceptors (Lipinski definition) is 5. The van der Waals surface area contributed by atoms with Gasteiger partial charge >= 0.3 is 5.97 Å². The van der Waals surface area contributed by atoms with Crippen molar-refractivity contribution in [2.45, 2.75) is 20.5 Å². The van der Waals surface area contributed by atoms with Gasteiger partial charge in [-0.3, -0.25) is 14.7 Å². The van der Waals surface area contributed by atoms with Crippen molar-refractivity contribution in [2.24, 2.45) is 4.99 Å². The number of likely N-dealkylation sites (N-methyl/N-ethyl adjacent to an activating group) is 1. The van der Waals surface area contributed by atoms with Crippen LogP contribution in [0.25, 0.3) is 6.08 Å². The van der Waals surface area contributed by atoms with Crippen molar-refractivity contribution in [1.82, 2.24) is 4.90 Å². The minimum atomic E-state index is -0.969. The molecule has 1 aliphatic rings. The molecule has 1 N–H and O–H groups in total. The largest absolute Gasteiger partial charge is 0.488 e. The second kappa shape index (κ2) is 9.95. The maximum atomic E-state index is 12.6. The number of amides is 1. The third kappa shape index (κ3) is 5.12. The van der Waals surface area contributed by atoms with E-state index in [1.807, 2.05) is 44.2 Å². The molecule has 0 unspecified atom stereocenters. The van der Waals surface area contributed by atoms with Gasteiger partial charge in [-0.25, -0.2) is 4.79 Å². The number of aromatic carboxylic acids is 1. The van der Waals surface area contributed by atoms with Crippen molar-refractivity contribution in [3.63, 3.8) is 0 Å². The van der Waals surface area contributed by atoms with Crippen LogP contribution in [0.3, 0.4) is 0 Å². The van der Waals surface area contributed by atoms with E-state index in [1.54, 1.807) is 23.1 Å². The van der Waals surface area contributed by atoms with Crippen molar-refractivity contribution in [2.75, 3.05) is 13.1 Å². The van der Waals surface area contributed by atoms with E-state index in [1.165, 1.54) is 11.8 Å². The second-order valence-corrected chi connectivity index (χ2v) is 8.26. The number of hydrogen-bond donors (Lipinski definition) is 1. The number of carboxylic acids is 1. The number of carboxylic acid groups (broad SMARTS) is 1. The van der Waals surface area contributed by atoms with Gasteiger partial charge in [-0.05, 0) is 83.0 Å². The van der Waals surface area contributed by atoms with Crippen LogP contribution in [0, 0.1) is 0 Å². The number of thioether (sulfide) groups is 1. The van der Waals surface area contributed by atoms with Crippen LogP contribution in [-0.4, -0.2) is 40.1 Å². The van der Waals surface area contributed by atoms with Crippen LogP contribution in [0.2, 0.25) is 0 Å². The van der Waals surface area contributed by atoms with E-state index in [0.29, 0.717) is 23.7 Å². The van der Waals surface area contributed by atoms with Crippen LogP contribution in [-0.2, 0) is 11.4 Å². The summed E-state index contributed by atoms with van der Waals surface area (Å²) in [4.78, 5) is 30.4. The first-order valence-corrected chi connectivity index (χ1v) is 11.0. The van der Waals surface area contributed by atoms with Crippen LogP contribution in [0.15, 0.2) is 56.8 Å². The predicted octanol–water partition coefficient (Wildman–Crippen LogP) is 5.04. The summed E-state index contributed by atoms with van der Waals surface area (Å²) in [5, 5.41) is 9.83. The number of carbonyl (C=O) groups is 2. The van der Waals surface area contributed by atoms with Crippen molar-refractivity contribution < 1.29 is 19.4 Å². The van der Waals surface area contributed by atoms with Gasteiger partial charge in [-0.15, -0.1) is 0 Å². The Hall–Kier alpha value is -2.58. The topological polar surface area (TPSA) is 79.2 Å². The highest BCUT2D eigenvalue weighted by Gasteiger charge is 2.31. The fraction of sp³-hybridized carbons (Fsp3) is 0.227. The minimum absolute atomic E-state index is 0.0375. The first-order valence-electron chi connectivity index (χ1n) is 9.43. The van der Waals surface area contributed by atoms with Crippen molar-refractivity contribution in [1.29, 1.82) is 0 Å². The fourth-order valence-electron chi connectivity index (χ4n) is 2.87. The van der Waals surface area contributed by atoms with E-state index in [9.17, 15) is 9.59 Å². The summed E-state index contributed by atoms with van der Waals surface area (Å²) in [6.45, 7) is 5.34. The number of nitrogens with zero attached hydrogens (tertiary/aromatic N) is 2. The average Bonchev–Trinajstić information content (AvgIpc) is 3.02. The fourth-order valence-corrected chi connectivity index (χ4v) is 4.49. The minimum Gasteiger partial charge on any atom is -0.488 e. The standard InChI is InChI=1S/C22H21BrN2O4S/c1-3-24-22-25(4-2)20(26)19(30-22)12-14-8-9-18(17(23)11-14)29-13-15-6-5-7-16(10-15)21(27)28/h5-12H,3-4,13H2,1-2H3,(H,27,28)/b19-12+,24-22?. The first kappa shape index (κ1) is 22.1. The summed E-state index contributed by atoms with van der Waals surface area (Å²) in [6.07, 6.45) is 1.85. The zero-order valence-electron chi connectivity index (χ0n) is 16.6. The van der Waals surface area contributed by atoms with Crippen molar-refractivity contribution in [3.05, 3.63) is 68.5 Å². The molecule has 1 amide bonds. The van der Waals surface area contributed by atoms with Crippen molar-refractivity contribution in [3.8, 4) is 5.75 Å². The molecule has 0 aliphatic carbocycles. The Morgan fingerprint density at radius 3 is 2.73 bits per heavy atom. The lowest BCUT2D eigenvalue weighted by atomic mass is 10.1. The Balaban J connectivity index is 1.73. The number of aliphatic imine (C=N–C) groups is 1. The molecule has 8 heteroatoms. The molecule has 1 aliphatic heterocycles. The molecule has 1 heterocycles. The van der Waals surface area contributed by atoms with Crippen LogP contribution in [0.5, 0.6) is 5.75 Å². The summed E-state index contributed by atoms with van der Waals surface area (Å²) in [5.41, 5.74) is 1.86. The first-order chi connectivity index (χ1) is 14.4. The molecule has 3 rings (SSSR count). The molecule has 2 aromatic carbocycles. The van der Waals surface area contributed by atoms with Crippen LogP contribution in [0.4, 0.5) is 0 Å². The van der Waals surface area contributed by atoms with Gasteiger partial charge in [0.25, 0.3) is 5.91 Å². The number of amidine groups is 1. The van der Waals surface area contributed by atoms with Gasteiger partial charge < -0.3 is 9.84 Å². The summed E-state index contributed by atoms with van der Waals surface area (Å²) < 4.78 is 6.57. The van der Waals surface area contributed by atoms with Gasteiger partial charge in [0.15, 0.2) is 5.17 Å². The molecule has 1 saturated heterocycles. The highest BCUT2D eigenvalue weighted by Crippen LogP contribution is 2.34. The normalized spacial score (nSPS) is 16.5. The average molecular weight is 489 g/mol. The van der Waals surface area contributed by atoms with Gasteiger partial charge in [0.1, 0.15) is 12.4 Å². The third-order valence-corrected chi connectivity index (χ3v) is 5.98. The molecular formula is C22H21BrN2O4S. The molecular weight excluding hydrogens is 468 g/mol. The molecule has 0 spiro atoms. The van der Waals surface area contributed by atoms with Crippen LogP contribution < -0.4 is 4.74 Å². The lowest BCUT2D eigenvalue weighted by Crippen LogP contribution is -2.28. The number of rotatable bonds is 7. The van der Waals surface area contributed by atoms with Gasteiger partial charge in [-0.2, -0.15) is 0 Å². The van der Waals surface area contributed by atoms with E-state index < -0.39 is 5.97 Å². The Labute approximate surface area is 187 Å². The van der Waals surface area contributed by atoms with Crippen LogP contribution >= 0.6 is 27.7 Å². The number of ether oxygens (including phenoxy) is 1. The zero-order chi connectivity index (χ0) is 21.7. The molecule has 0 saturated carbocycles. The highest BCUT2D eigenvalue weighted by molar-refractivity contribution is 9.10. The van der Waals surface area contributed by atoms with Gasteiger partial charge in [-0.1, -0.05) is 18.2 Å². The molecule has 156 valence electrons. The molecule has 30 heavy (non-hydrogen) atoms. The number of halogens is 1. The molecule has 0 radical (unpaired) electrons. The molecule has 6 nitrogen and oxygen atoms in total. The summed E-state index contributed by atoms with van der Waals surface area (Å²) in [6, 6.07) is 12.2. The Bertz CT molecular complexity index is 1040. The van der Waals surface area contributed by atoms with E-state index in [0.717, 1.165) is 20.8 Å². The Morgan fingerprint density at radius 2 is 2.07 bits per heavy atom. The van der Waals surface area contributed by atoms with E-state index in [4.69, 9.17) is 9.84 Å². The Morgan fingerprint density at radius 1 is 1.27 bits per heavy atom. The van der Waals surface area contributed by atoms with E-state index in [-0.39, 0.29) is 18.1 Å².